The van der Waals surface area contributed by atoms with Crippen molar-refractivity contribution in [3.8, 4) is 0 Å². The fraction of sp³-hybridized carbons (Fsp3) is 0.600. The fourth-order valence-corrected chi connectivity index (χ4v) is 2.68. The van der Waals surface area contributed by atoms with E-state index in [-0.39, 0.29) is 0 Å². The van der Waals surface area contributed by atoms with Crippen molar-refractivity contribution >= 4 is 0 Å². The SMILES string of the molecule is c1cc2c(cc1CNCCC1CC1)CCC2. The standard InChI is InChI=1S/C15H21N/c1-2-14-7-6-13(10-15(14)3-1)11-16-9-8-12-4-5-12/h6-7,10,12,16H,1-5,8-9,11H2. The van der Waals surface area contributed by atoms with Gasteiger partial charge >= 0.3 is 0 Å². The molecule has 0 atom stereocenters. The van der Waals surface area contributed by atoms with Crippen LogP contribution in [0.4, 0.5) is 0 Å². The highest BCUT2D eigenvalue weighted by Crippen LogP contribution is 2.31. The van der Waals surface area contributed by atoms with E-state index in [9.17, 15) is 0 Å². The van der Waals surface area contributed by atoms with Crippen molar-refractivity contribution < 1.29 is 0 Å². The maximum absolute atomic E-state index is 3.56. The van der Waals surface area contributed by atoms with Crippen molar-refractivity contribution in [2.75, 3.05) is 6.54 Å². The van der Waals surface area contributed by atoms with Gasteiger partial charge < -0.3 is 5.32 Å². The first-order valence-electron chi connectivity index (χ1n) is 6.73. The molecule has 1 N–H and O–H groups in total. The summed E-state index contributed by atoms with van der Waals surface area (Å²) >= 11 is 0. The van der Waals surface area contributed by atoms with Crippen LogP contribution in [0.5, 0.6) is 0 Å². The van der Waals surface area contributed by atoms with Crippen LogP contribution in [0.25, 0.3) is 0 Å². The highest BCUT2D eigenvalue weighted by atomic mass is 14.8. The van der Waals surface area contributed by atoms with Gasteiger partial charge in [0.2, 0.25) is 0 Å². The van der Waals surface area contributed by atoms with Gasteiger partial charge in [0.1, 0.15) is 0 Å². The number of fused-ring (bicyclic) bond motifs is 1. The Bertz CT molecular complexity index is 366. The third-order valence-electron chi connectivity index (χ3n) is 3.92. The van der Waals surface area contributed by atoms with Crippen molar-refractivity contribution in [3.63, 3.8) is 0 Å². The Hall–Kier alpha value is -0.820. The van der Waals surface area contributed by atoms with Gasteiger partial charge in [-0.25, -0.2) is 0 Å². The van der Waals surface area contributed by atoms with E-state index in [0.29, 0.717) is 0 Å². The molecule has 0 amide bonds. The molecule has 0 aromatic heterocycles. The van der Waals surface area contributed by atoms with E-state index < -0.39 is 0 Å². The molecule has 3 rings (SSSR count). The summed E-state index contributed by atoms with van der Waals surface area (Å²) in [7, 11) is 0. The number of aryl methyl sites for hydroxylation is 2. The Balaban J connectivity index is 1.49. The number of benzene rings is 1. The van der Waals surface area contributed by atoms with Crippen LogP contribution >= 0.6 is 0 Å². The Morgan fingerprint density at radius 1 is 1.12 bits per heavy atom. The summed E-state index contributed by atoms with van der Waals surface area (Å²) in [6.07, 6.45) is 8.27. The molecule has 2 aliphatic carbocycles. The van der Waals surface area contributed by atoms with Crippen LogP contribution in [-0.2, 0) is 19.4 Å². The van der Waals surface area contributed by atoms with Crippen LogP contribution < -0.4 is 5.32 Å². The molecule has 2 aliphatic rings. The lowest BCUT2D eigenvalue weighted by Gasteiger charge is -2.06. The second kappa shape index (κ2) is 4.58. The topological polar surface area (TPSA) is 12.0 Å². The lowest BCUT2D eigenvalue weighted by Crippen LogP contribution is -2.15. The van der Waals surface area contributed by atoms with E-state index in [1.165, 1.54) is 50.6 Å². The zero-order valence-electron chi connectivity index (χ0n) is 9.97. The zero-order chi connectivity index (χ0) is 10.8. The molecular formula is C15H21N. The van der Waals surface area contributed by atoms with E-state index in [0.717, 1.165) is 12.5 Å². The summed E-state index contributed by atoms with van der Waals surface area (Å²) in [5, 5.41) is 3.56. The van der Waals surface area contributed by atoms with Gasteiger partial charge in [-0.3, -0.25) is 0 Å². The van der Waals surface area contributed by atoms with Gasteiger partial charge in [0.05, 0.1) is 0 Å². The van der Waals surface area contributed by atoms with Crippen LogP contribution in [0, 0.1) is 5.92 Å². The van der Waals surface area contributed by atoms with Gasteiger partial charge in [0.25, 0.3) is 0 Å². The number of nitrogens with one attached hydrogen (secondary N) is 1. The van der Waals surface area contributed by atoms with E-state index in [2.05, 4.69) is 23.5 Å². The van der Waals surface area contributed by atoms with Gasteiger partial charge in [-0.2, -0.15) is 0 Å². The van der Waals surface area contributed by atoms with Crippen molar-refractivity contribution in [2.45, 2.75) is 45.1 Å². The second-order valence-electron chi connectivity index (χ2n) is 5.37. The highest BCUT2D eigenvalue weighted by Gasteiger charge is 2.19. The Labute approximate surface area is 98.3 Å². The Morgan fingerprint density at radius 2 is 2.00 bits per heavy atom. The molecule has 1 fully saturated rings. The summed E-state index contributed by atoms with van der Waals surface area (Å²) in [5.74, 6) is 1.05. The Kier molecular flexibility index (Phi) is 2.96. The van der Waals surface area contributed by atoms with Crippen LogP contribution in [0.2, 0.25) is 0 Å². The van der Waals surface area contributed by atoms with Crippen LogP contribution in [0.15, 0.2) is 18.2 Å². The smallest absolute Gasteiger partial charge is 0.0205 e. The van der Waals surface area contributed by atoms with Gasteiger partial charge in [-0.05, 0) is 54.8 Å². The molecule has 0 aliphatic heterocycles. The largest absolute Gasteiger partial charge is 0.313 e. The molecular weight excluding hydrogens is 194 g/mol. The molecule has 86 valence electrons. The Morgan fingerprint density at radius 3 is 2.88 bits per heavy atom. The fourth-order valence-electron chi connectivity index (χ4n) is 2.68. The molecule has 1 aromatic carbocycles. The van der Waals surface area contributed by atoms with Crippen molar-refractivity contribution in [3.05, 3.63) is 34.9 Å². The number of hydrogen-bond acceptors (Lipinski definition) is 1. The molecule has 1 heteroatoms. The molecule has 1 saturated carbocycles. The van der Waals surface area contributed by atoms with Crippen molar-refractivity contribution in [2.24, 2.45) is 5.92 Å². The predicted octanol–water partition coefficient (Wildman–Crippen LogP) is 3.07. The van der Waals surface area contributed by atoms with Crippen molar-refractivity contribution in [1.29, 1.82) is 0 Å². The first-order valence-corrected chi connectivity index (χ1v) is 6.73. The van der Waals surface area contributed by atoms with Crippen LogP contribution in [0.3, 0.4) is 0 Å². The molecule has 0 bridgehead atoms. The molecule has 1 nitrogen and oxygen atoms in total. The monoisotopic (exact) mass is 215 g/mol. The second-order valence-corrected chi connectivity index (χ2v) is 5.37. The third-order valence-corrected chi connectivity index (χ3v) is 3.92. The first kappa shape index (κ1) is 10.3. The summed E-state index contributed by atoms with van der Waals surface area (Å²) in [6.45, 7) is 2.25. The summed E-state index contributed by atoms with van der Waals surface area (Å²) in [4.78, 5) is 0. The van der Waals surface area contributed by atoms with E-state index in [1.54, 1.807) is 11.1 Å². The number of rotatable bonds is 5. The molecule has 0 unspecified atom stereocenters. The molecule has 0 heterocycles. The van der Waals surface area contributed by atoms with Gasteiger partial charge in [0.15, 0.2) is 0 Å². The van der Waals surface area contributed by atoms with Crippen molar-refractivity contribution in [1.82, 2.24) is 5.32 Å². The van der Waals surface area contributed by atoms with Gasteiger partial charge in [-0.1, -0.05) is 31.0 Å². The maximum atomic E-state index is 3.56. The molecule has 1 aromatic rings. The summed E-state index contributed by atoms with van der Waals surface area (Å²) in [5.41, 5.74) is 4.65. The van der Waals surface area contributed by atoms with Gasteiger partial charge in [-0.15, -0.1) is 0 Å². The van der Waals surface area contributed by atoms with Crippen LogP contribution in [0.1, 0.15) is 42.4 Å². The summed E-state index contributed by atoms with van der Waals surface area (Å²) < 4.78 is 0. The third kappa shape index (κ3) is 2.46. The minimum atomic E-state index is 1.05. The van der Waals surface area contributed by atoms with E-state index in [4.69, 9.17) is 0 Å². The van der Waals surface area contributed by atoms with E-state index >= 15 is 0 Å². The summed E-state index contributed by atoms with van der Waals surface area (Å²) in [6, 6.07) is 7.04. The number of hydrogen-bond donors (Lipinski definition) is 1. The predicted molar refractivity (Wildman–Crippen MR) is 67.5 cm³/mol. The minimum absolute atomic E-state index is 1.05. The minimum Gasteiger partial charge on any atom is -0.313 e. The average molecular weight is 215 g/mol. The van der Waals surface area contributed by atoms with E-state index in [1.807, 2.05) is 0 Å². The lowest BCUT2D eigenvalue weighted by atomic mass is 10.1. The highest BCUT2D eigenvalue weighted by molar-refractivity contribution is 5.35. The quantitative estimate of drug-likeness (QED) is 0.744. The molecule has 0 radical (unpaired) electrons. The molecule has 16 heavy (non-hydrogen) atoms. The molecule has 0 saturated heterocycles. The first-order chi connectivity index (χ1) is 7.92. The lowest BCUT2D eigenvalue weighted by molar-refractivity contribution is 0.612. The zero-order valence-corrected chi connectivity index (χ0v) is 9.97. The average Bonchev–Trinajstić information content (AvgIpc) is 3.01. The van der Waals surface area contributed by atoms with Crippen LogP contribution in [-0.4, -0.2) is 6.54 Å². The normalized spacial score (nSPS) is 18.8. The maximum Gasteiger partial charge on any atom is 0.0205 e. The van der Waals surface area contributed by atoms with Gasteiger partial charge in [0, 0.05) is 6.54 Å². The molecule has 0 spiro atoms.